The van der Waals surface area contributed by atoms with Gasteiger partial charge >= 0.3 is 0 Å². The first kappa shape index (κ1) is 13.3. The van der Waals surface area contributed by atoms with Crippen molar-refractivity contribution in [2.24, 2.45) is 0 Å². The summed E-state index contributed by atoms with van der Waals surface area (Å²) in [6, 6.07) is 13.8. The van der Waals surface area contributed by atoms with E-state index in [1.165, 1.54) is 29.8 Å². The lowest BCUT2D eigenvalue weighted by atomic mass is 10.1. The SMILES string of the molecule is O=C(CN1CCc2ccccc21)c1ccc([N+](=O)[O-])cc1. The molecule has 1 aliphatic rings. The third kappa shape index (κ3) is 2.63. The van der Waals surface area contributed by atoms with Crippen LogP contribution in [0.25, 0.3) is 0 Å². The number of hydrogen-bond acceptors (Lipinski definition) is 4. The number of hydrogen-bond donors (Lipinski definition) is 0. The summed E-state index contributed by atoms with van der Waals surface area (Å²) >= 11 is 0. The molecule has 0 bridgehead atoms. The van der Waals surface area contributed by atoms with Crippen molar-refractivity contribution in [1.82, 2.24) is 0 Å². The molecule has 0 aliphatic carbocycles. The van der Waals surface area contributed by atoms with Crippen LogP contribution < -0.4 is 4.90 Å². The molecule has 1 heterocycles. The molecule has 2 aromatic rings. The maximum Gasteiger partial charge on any atom is 0.269 e. The van der Waals surface area contributed by atoms with Crippen LogP contribution in [0, 0.1) is 10.1 Å². The van der Waals surface area contributed by atoms with E-state index < -0.39 is 4.92 Å². The highest BCUT2D eigenvalue weighted by molar-refractivity contribution is 5.99. The predicted octanol–water partition coefficient (Wildman–Crippen LogP) is 2.84. The third-order valence-electron chi connectivity index (χ3n) is 3.72. The lowest BCUT2D eigenvalue weighted by molar-refractivity contribution is -0.384. The number of ketones is 1. The van der Waals surface area contributed by atoms with Gasteiger partial charge in [0.15, 0.2) is 5.78 Å². The maximum atomic E-state index is 12.3. The van der Waals surface area contributed by atoms with E-state index in [1.54, 1.807) is 0 Å². The number of nitrogens with zero attached hydrogens (tertiary/aromatic N) is 2. The van der Waals surface area contributed by atoms with Crippen molar-refractivity contribution >= 4 is 17.2 Å². The molecule has 5 heteroatoms. The second kappa shape index (κ2) is 5.36. The quantitative estimate of drug-likeness (QED) is 0.491. The molecule has 0 N–H and O–H groups in total. The fourth-order valence-electron chi connectivity index (χ4n) is 2.60. The van der Waals surface area contributed by atoms with Gasteiger partial charge in [-0.05, 0) is 30.2 Å². The smallest absolute Gasteiger partial charge is 0.269 e. The second-order valence-electron chi connectivity index (χ2n) is 5.03. The number of anilines is 1. The summed E-state index contributed by atoms with van der Waals surface area (Å²) in [5, 5.41) is 10.6. The molecule has 5 nitrogen and oxygen atoms in total. The van der Waals surface area contributed by atoms with E-state index in [1.807, 2.05) is 18.2 Å². The summed E-state index contributed by atoms with van der Waals surface area (Å²) < 4.78 is 0. The molecule has 1 aliphatic heterocycles. The Morgan fingerprint density at radius 1 is 1.14 bits per heavy atom. The van der Waals surface area contributed by atoms with Gasteiger partial charge in [0.25, 0.3) is 5.69 Å². The minimum atomic E-state index is -0.467. The predicted molar refractivity (Wildman–Crippen MR) is 79.8 cm³/mol. The average molecular weight is 282 g/mol. The van der Waals surface area contributed by atoms with Gasteiger partial charge in [-0.2, -0.15) is 0 Å². The van der Waals surface area contributed by atoms with Crippen molar-refractivity contribution in [2.45, 2.75) is 6.42 Å². The summed E-state index contributed by atoms with van der Waals surface area (Å²) in [4.78, 5) is 24.5. The molecule has 0 amide bonds. The molecule has 0 spiro atoms. The van der Waals surface area contributed by atoms with Crippen molar-refractivity contribution in [3.8, 4) is 0 Å². The molecule has 0 unspecified atom stereocenters. The monoisotopic (exact) mass is 282 g/mol. The molecule has 21 heavy (non-hydrogen) atoms. The zero-order chi connectivity index (χ0) is 14.8. The van der Waals surface area contributed by atoms with E-state index in [9.17, 15) is 14.9 Å². The summed E-state index contributed by atoms with van der Waals surface area (Å²) in [7, 11) is 0. The zero-order valence-electron chi connectivity index (χ0n) is 11.4. The molecule has 0 atom stereocenters. The Balaban J connectivity index is 1.74. The summed E-state index contributed by atoms with van der Waals surface area (Å²) in [6.45, 7) is 1.13. The number of benzene rings is 2. The van der Waals surface area contributed by atoms with Gasteiger partial charge in [0, 0.05) is 29.9 Å². The fourth-order valence-corrected chi connectivity index (χ4v) is 2.60. The van der Waals surface area contributed by atoms with E-state index in [-0.39, 0.29) is 11.5 Å². The highest BCUT2D eigenvalue weighted by atomic mass is 16.6. The van der Waals surface area contributed by atoms with E-state index >= 15 is 0 Å². The van der Waals surface area contributed by atoms with Gasteiger partial charge in [-0.25, -0.2) is 0 Å². The van der Waals surface area contributed by atoms with Crippen LogP contribution in [0.1, 0.15) is 15.9 Å². The number of rotatable bonds is 4. The van der Waals surface area contributed by atoms with E-state index in [0.717, 1.165) is 18.7 Å². The fraction of sp³-hybridized carbons (Fsp3) is 0.188. The standard InChI is InChI=1S/C16H14N2O3/c19-16(13-5-7-14(8-6-13)18(20)21)11-17-10-9-12-3-1-2-4-15(12)17/h1-8H,9-11H2. The Kier molecular flexibility index (Phi) is 3.39. The van der Waals surface area contributed by atoms with Gasteiger partial charge < -0.3 is 4.90 Å². The molecule has 106 valence electrons. The van der Waals surface area contributed by atoms with Crippen molar-refractivity contribution in [1.29, 1.82) is 0 Å². The largest absolute Gasteiger partial charge is 0.363 e. The number of carbonyl (C=O) groups excluding carboxylic acids is 1. The summed E-state index contributed by atoms with van der Waals surface area (Å²) in [5.41, 5.74) is 2.87. The van der Waals surface area contributed by atoms with Crippen LogP contribution in [-0.4, -0.2) is 23.8 Å². The Morgan fingerprint density at radius 2 is 1.86 bits per heavy atom. The number of nitro groups is 1. The number of carbonyl (C=O) groups is 1. The van der Waals surface area contributed by atoms with Crippen LogP contribution in [0.15, 0.2) is 48.5 Å². The van der Waals surface area contributed by atoms with E-state index in [2.05, 4.69) is 11.0 Å². The molecular formula is C16H14N2O3. The molecule has 0 fully saturated rings. The minimum Gasteiger partial charge on any atom is -0.363 e. The zero-order valence-corrected chi connectivity index (χ0v) is 11.4. The topological polar surface area (TPSA) is 63.5 Å². The molecule has 3 rings (SSSR count). The molecule has 0 saturated heterocycles. The van der Waals surface area contributed by atoms with Gasteiger partial charge in [-0.3, -0.25) is 14.9 Å². The van der Waals surface area contributed by atoms with Gasteiger partial charge in [-0.15, -0.1) is 0 Å². The molecule has 2 aromatic carbocycles. The number of non-ortho nitro benzene ring substituents is 1. The normalized spacial score (nSPS) is 13.0. The van der Waals surface area contributed by atoms with Crippen LogP contribution in [0.3, 0.4) is 0 Å². The lowest BCUT2D eigenvalue weighted by Crippen LogP contribution is -2.27. The second-order valence-corrected chi connectivity index (χ2v) is 5.03. The Morgan fingerprint density at radius 3 is 2.57 bits per heavy atom. The number of para-hydroxylation sites is 1. The van der Waals surface area contributed by atoms with Gasteiger partial charge in [0.05, 0.1) is 11.5 Å². The molecule has 0 saturated carbocycles. The van der Waals surface area contributed by atoms with Crippen molar-refractivity contribution in [3.05, 3.63) is 69.8 Å². The van der Waals surface area contributed by atoms with Crippen LogP contribution >= 0.6 is 0 Å². The summed E-state index contributed by atoms with van der Waals surface area (Å²) in [6.07, 6.45) is 0.948. The first-order valence-corrected chi connectivity index (χ1v) is 6.75. The lowest BCUT2D eigenvalue weighted by Gasteiger charge is -2.18. The first-order chi connectivity index (χ1) is 10.1. The summed E-state index contributed by atoms with van der Waals surface area (Å²) in [5.74, 6) is -0.0263. The van der Waals surface area contributed by atoms with Crippen LogP contribution in [0.4, 0.5) is 11.4 Å². The third-order valence-corrected chi connectivity index (χ3v) is 3.72. The van der Waals surface area contributed by atoms with Crippen LogP contribution in [-0.2, 0) is 6.42 Å². The molecular weight excluding hydrogens is 268 g/mol. The van der Waals surface area contributed by atoms with Crippen LogP contribution in [0.2, 0.25) is 0 Å². The van der Waals surface area contributed by atoms with E-state index in [4.69, 9.17) is 0 Å². The van der Waals surface area contributed by atoms with Crippen molar-refractivity contribution < 1.29 is 9.72 Å². The van der Waals surface area contributed by atoms with Crippen molar-refractivity contribution in [3.63, 3.8) is 0 Å². The van der Waals surface area contributed by atoms with Crippen molar-refractivity contribution in [2.75, 3.05) is 18.0 Å². The first-order valence-electron chi connectivity index (χ1n) is 6.75. The number of Topliss-reactive ketones (excluding diaryl/α,β-unsaturated/α-hetero) is 1. The number of fused-ring (bicyclic) bond motifs is 1. The van der Waals surface area contributed by atoms with Gasteiger partial charge in [-0.1, -0.05) is 18.2 Å². The Hall–Kier alpha value is -2.69. The Labute approximate surface area is 122 Å². The number of nitro benzene ring substituents is 1. The van der Waals surface area contributed by atoms with E-state index in [0.29, 0.717) is 12.1 Å². The average Bonchev–Trinajstić information content (AvgIpc) is 2.91. The minimum absolute atomic E-state index is 0.00179. The highest BCUT2D eigenvalue weighted by Crippen LogP contribution is 2.27. The van der Waals surface area contributed by atoms with Crippen LogP contribution in [0.5, 0.6) is 0 Å². The van der Waals surface area contributed by atoms with Gasteiger partial charge in [0.1, 0.15) is 0 Å². The highest BCUT2D eigenvalue weighted by Gasteiger charge is 2.21. The molecule has 0 radical (unpaired) electrons. The Bertz CT molecular complexity index is 695. The molecule has 0 aromatic heterocycles. The van der Waals surface area contributed by atoms with Gasteiger partial charge in [0.2, 0.25) is 0 Å². The maximum absolute atomic E-state index is 12.3.